The van der Waals surface area contributed by atoms with Gasteiger partial charge in [-0.2, -0.15) is 0 Å². The predicted octanol–water partition coefficient (Wildman–Crippen LogP) is 3.77. The molecule has 1 aromatic rings. The summed E-state index contributed by atoms with van der Waals surface area (Å²) in [7, 11) is 1.23. The lowest BCUT2D eigenvalue weighted by atomic mass is 9.98. The van der Waals surface area contributed by atoms with Gasteiger partial charge in [0, 0.05) is 0 Å². The molecule has 30 heavy (non-hydrogen) atoms. The molecule has 2 unspecified atom stereocenters. The Morgan fingerprint density at radius 2 is 1.93 bits per heavy atom. The van der Waals surface area contributed by atoms with Crippen molar-refractivity contribution in [2.75, 3.05) is 20.3 Å². The predicted molar refractivity (Wildman–Crippen MR) is 108 cm³/mol. The Kier molecular flexibility index (Phi) is 9.52. The first-order valence-electron chi connectivity index (χ1n) is 9.73. The minimum absolute atomic E-state index is 0.0331. The molecule has 6 nitrogen and oxygen atoms in total. The SMILES string of the molecule is CCOC(=O)/C=C(\CNC(CC1C[C@@H](F)[C@@H](F)C1)C(=O)OC)Oc1ccccc1Cl. The van der Waals surface area contributed by atoms with Gasteiger partial charge in [-0.1, -0.05) is 23.7 Å². The fourth-order valence-corrected chi connectivity index (χ4v) is 3.46. The molecule has 1 aromatic carbocycles. The molecule has 0 radical (unpaired) electrons. The third kappa shape index (κ3) is 7.25. The van der Waals surface area contributed by atoms with Gasteiger partial charge in [0.2, 0.25) is 0 Å². The Morgan fingerprint density at radius 3 is 2.53 bits per heavy atom. The van der Waals surface area contributed by atoms with E-state index in [1.165, 1.54) is 7.11 Å². The van der Waals surface area contributed by atoms with Gasteiger partial charge in [0.05, 0.1) is 31.4 Å². The highest BCUT2D eigenvalue weighted by Gasteiger charge is 2.37. The van der Waals surface area contributed by atoms with Crippen LogP contribution >= 0.6 is 11.6 Å². The first-order valence-corrected chi connectivity index (χ1v) is 10.1. The van der Waals surface area contributed by atoms with Gasteiger partial charge in [-0.3, -0.25) is 10.1 Å². The molecule has 9 heteroatoms. The van der Waals surface area contributed by atoms with Crippen molar-refractivity contribution in [2.24, 2.45) is 5.92 Å². The third-order valence-corrected chi connectivity index (χ3v) is 5.04. The second kappa shape index (κ2) is 11.9. The average Bonchev–Trinajstić information content (AvgIpc) is 3.03. The summed E-state index contributed by atoms with van der Waals surface area (Å²) in [5.41, 5.74) is 0. The van der Waals surface area contributed by atoms with Crippen LogP contribution in [0.4, 0.5) is 8.78 Å². The molecule has 0 bridgehead atoms. The highest BCUT2D eigenvalue weighted by Crippen LogP contribution is 2.34. The van der Waals surface area contributed by atoms with E-state index in [0.29, 0.717) is 10.8 Å². The first-order chi connectivity index (χ1) is 14.3. The molecule has 166 valence electrons. The number of esters is 2. The van der Waals surface area contributed by atoms with Crippen LogP contribution in [0.15, 0.2) is 36.1 Å². The van der Waals surface area contributed by atoms with Crippen LogP contribution in [0.3, 0.4) is 0 Å². The summed E-state index contributed by atoms with van der Waals surface area (Å²) in [6.07, 6.45) is -1.58. The molecule has 2 rings (SSSR count). The van der Waals surface area contributed by atoms with Crippen molar-refractivity contribution >= 4 is 23.5 Å². The monoisotopic (exact) mass is 445 g/mol. The molecule has 0 heterocycles. The van der Waals surface area contributed by atoms with Gasteiger partial charge in [-0.05, 0) is 44.2 Å². The van der Waals surface area contributed by atoms with E-state index in [9.17, 15) is 18.4 Å². The number of benzene rings is 1. The van der Waals surface area contributed by atoms with Gasteiger partial charge in [-0.25, -0.2) is 13.6 Å². The van der Waals surface area contributed by atoms with E-state index in [1.807, 2.05) is 0 Å². The maximum absolute atomic E-state index is 13.5. The number of carbonyl (C=O) groups is 2. The quantitative estimate of drug-likeness (QED) is 0.336. The lowest BCUT2D eigenvalue weighted by Crippen LogP contribution is -2.40. The minimum atomic E-state index is -1.52. The fourth-order valence-electron chi connectivity index (χ4n) is 3.28. The Hall–Kier alpha value is -2.19. The molecular weight excluding hydrogens is 420 g/mol. The maximum atomic E-state index is 13.5. The molecular formula is C21H26ClF2NO5. The van der Waals surface area contributed by atoms with Crippen molar-refractivity contribution in [1.29, 1.82) is 0 Å². The molecule has 0 aromatic heterocycles. The van der Waals surface area contributed by atoms with Crippen LogP contribution in [0, 0.1) is 5.92 Å². The van der Waals surface area contributed by atoms with Crippen molar-refractivity contribution in [3.8, 4) is 5.75 Å². The summed E-state index contributed by atoms with van der Waals surface area (Å²) >= 11 is 6.11. The summed E-state index contributed by atoms with van der Waals surface area (Å²) in [5.74, 6) is -1.00. The van der Waals surface area contributed by atoms with Crippen LogP contribution in [0.25, 0.3) is 0 Å². The third-order valence-electron chi connectivity index (χ3n) is 4.73. The van der Waals surface area contributed by atoms with Crippen LogP contribution in [0.1, 0.15) is 26.2 Å². The molecule has 4 atom stereocenters. The number of alkyl halides is 2. The molecule has 1 aliphatic carbocycles. The van der Waals surface area contributed by atoms with Gasteiger partial charge in [-0.15, -0.1) is 0 Å². The van der Waals surface area contributed by atoms with E-state index in [1.54, 1.807) is 31.2 Å². The number of ether oxygens (including phenoxy) is 3. The van der Waals surface area contributed by atoms with Crippen LogP contribution in [-0.2, 0) is 19.1 Å². The van der Waals surface area contributed by atoms with Crippen LogP contribution in [0.2, 0.25) is 5.02 Å². The van der Waals surface area contributed by atoms with Gasteiger partial charge in [0.25, 0.3) is 0 Å². The standard InChI is InChI=1S/C21H26ClF2NO5/c1-3-29-20(26)11-14(30-19-7-5-4-6-15(19)22)12-25-18(21(27)28-2)10-13-8-16(23)17(24)9-13/h4-7,11,13,16-18,25H,3,8-10,12H2,1-2H3/b14-11+/t13?,16-,17+,18?. The zero-order chi connectivity index (χ0) is 22.1. The lowest BCUT2D eigenvalue weighted by molar-refractivity contribution is -0.143. The summed E-state index contributed by atoms with van der Waals surface area (Å²) in [4.78, 5) is 24.1. The van der Waals surface area contributed by atoms with Gasteiger partial charge in [0.1, 0.15) is 29.9 Å². The molecule has 1 fully saturated rings. The number of halogens is 3. The van der Waals surface area contributed by atoms with Crippen molar-refractivity contribution in [2.45, 2.75) is 44.6 Å². The number of hydrogen-bond acceptors (Lipinski definition) is 6. The maximum Gasteiger partial charge on any atom is 0.334 e. The zero-order valence-corrected chi connectivity index (χ0v) is 17.7. The van der Waals surface area contributed by atoms with Crippen LogP contribution in [-0.4, -0.2) is 50.6 Å². The van der Waals surface area contributed by atoms with E-state index in [4.69, 9.17) is 25.8 Å². The highest BCUT2D eigenvalue weighted by atomic mass is 35.5. The van der Waals surface area contributed by atoms with Gasteiger partial charge in [0.15, 0.2) is 0 Å². The Bertz CT molecular complexity index is 751. The number of rotatable bonds is 10. The van der Waals surface area contributed by atoms with E-state index >= 15 is 0 Å². The van der Waals surface area contributed by atoms with E-state index in [2.05, 4.69) is 5.32 Å². The lowest BCUT2D eigenvalue weighted by Gasteiger charge is -2.21. The minimum Gasteiger partial charge on any atom is -0.468 e. The van der Waals surface area contributed by atoms with E-state index in [-0.39, 0.29) is 44.1 Å². The van der Waals surface area contributed by atoms with Gasteiger partial charge < -0.3 is 14.2 Å². The Morgan fingerprint density at radius 1 is 1.27 bits per heavy atom. The number of hydrogen-bond donors (Lipinski definition) is 1. The molecule has 0 amide bonds. The zero-order valence-electron chi connectivity index (χ0n) is 16.9. The van der Waals surface area contributed by atoms with Gasteiger partial charge >= 0.3 is 11.9 Å². The highest BCUT2D eigenvalue weighted by molar-refractivity contribution is 6.32. The molecule has 0 saturated heterocycles. The van der Waals surface area contributed by atoms with E-state index < -0.39 is 30.3 Å². The summed E-state index contributed by atoms with van der Waals surface area (Å²) in [6, 6.07) is 5.88. The van der Waals surface area contributed by atoms with Crippen molar-refractivity contribution in [1.82, 2.24) is 5.32 Å². The summed E-state index contributed by atoms with van der Waals surface area (Å²) in [5, 5.41) is 3.29. The fraction of sp³-hybridized carbons (Fsp3) is 0.524. The molecule has 1 saturated carbocycles. The number of methoxy groups -OCH3 is 1. The first kappa shape index (κ1) is 24.1. The second-order valence-electron chi connectivity index (χ2n) is 6.96. The number of carbonyl (C=O) groups excluding carboxylic acids is 2. The summed E-state index contributed by atoms with van der Waals surface area (Å²) < 4.78 is 42.5. The second-order valence-corrected chi connectivity index (χ2v) is 7.36. The molecule has 0 spiro atoms. The van der Waals surface area contributed by atoms with Crippen LogP contribution < -0.4 is 10.1 Å². The molecule has 1 aliphatic rings. The Balaban J connectivity index is 2.10. The largest absolute Gasteiger partial charge is 0.468 e. The van der Waals surface area contributed by atoms with Crippen molar-refractivity contribution in [3.63, 3.8) is 0 Å². The number of para-hydroxylation sites is 1. The molecule has 0 aliphatic heterocycles. The van der Waals surface area contributed by atoms with Crippen LogP contribution in [0.5, 0.6) is 5.75 Å². The molecule has 1 N–H and O–H groups in total. The normalized spacial score (nSPS) is 22.4. The van der Waals surface area contributed by atoms with E-state index in [0.717, 1.165) is 6.08 Å². The Labute approximate surface area is 179 Å². The smallest absolute Gasteiger partial charge is 0.334 e. The summed E-state index contributed by atoms with van der Waals surface area (Å²) in [6.45, 7) is 1.82. The average molecular weight is 446 g/mol. The number of nitrogens with one attached hydrogen (secondary N) is 1. The van der Waals surface area contributed by atoms with Crippen molar-refractivity contribution < 1.29 is 32.6 Å². The van der Waals surface area contributed by atoms with Crippen molar-refractivity contribution in [3.05, 3.63) is 41.1 Å². The topological polar surface area (TPSA) is 73.9 Å².